The van der Waals surface area contributed by atoms with Crippen LogP contribution in [0.4, 0.5) is 102 Å². The van der Waals surface area contributed by atoms with E-state index in [1.54, 1.807) is 0 Å². The fourth-order valence-corrected chi connectivity index (χ4v) is 10.8. The quantitative estimate of drug-likeness (QED) is 0.0611. The molecule has 0 aliphatic rings. The van der Waals surface area contributed by atoms with Crippen molar-refractivity contribution in [2.24, 2.45) is 0 Å². The Labute approximate surface area is 509 Å². The number of benzene rings is 13. The van der Waals surface area contributed by atoms with Gasteiger partial charge >= 0.3 is 0 Å². The van der Waals surface area contributed by atoms with E-state index in [-0.39, 0.29) is 0 Å². The number of nitrogens with one attached hydrogen (secondary N) is 3. The molecule has 420 valence electrons. The first-order valence-electron chi connectivity index (χ1n) is 29.2. The van der Waals surface area contributed by atoms with Gasteiger partial charge in [0, 0.05) is 34.1 Å². The molecule has 0 bridgehead atoms. The molecule has 0 saturated carbocycles. The molecular formula is C78H63N9. The van der Waals surface area contributed by atoms with E-state index in [0.717, 1.165) is 102 Å². The molecular weight excluding hydrogens is 1060 g/mol. The molecule has 9 nitrogen and oxygen atoms in total. The highest BCUT2D eigenvalue weighted by atomic mass is 15.5. The molecule has 0 fully saturated rings. The lowest BCUT2D eigenvalue weighted by Gasteiger charge is -2.33. The first-order valence-corrected chi connectivity index (χ1v) is 29.2. The molecule has 0 amide bonds. The molecule has 0 aliphatic heterocycles. The number of para-hydroxylation sites is 9. The normalized spacial score (nSPS) is 10.8. The molecule has 0 atom stereocenters. The molecule has 0 spiro atoms. The molecule has 0 unspecified atom stereocenters. The number of nitrogens with zero attached hydrogens (tertiary/aromatic N) is 6. The summed E-state index contributed by atoms with van der Waals surface area (Å²) in [6.07, 6.45) is 0. The minimum atomic E-state index is 0.932. The van der Waals surface area contributed by atoms with Gasteiger partial charge in [0.1, 0.15) is 0 Å². The van der Waals surface area contributed by atoms with Crippen LogP contribution in [0.3, 0.4) is 0 Å². The number of hydrogen-bond donors (Lipinski definition) is 3. The van der Waals surface area contributed by atoms with Crippen LogP contribution in [0.5, 0.6) is 0 Å². The summed E-state index contributed by atoms with van der Waals surface area (Å²) in [7, 11) is 0. The fourth-order valence-electron chi connectivity index (χ4n) is 10.8. The summed E-state index contributed by atoms with van der Waals surface area (Å²) < 4.78 is 0. The predicted octanol–water partition coefficient (Wildman–Crippen LogP) is 21.6. The summed E-state index contributed by atoms with van der Waals surface area (Å²) in [5.41, 5.74) is 28.9. The maximum atomic E-state index is 3.73. The van der Waals surface area contributed by atoms with Crippen molar-refractivity contribution >= 4 is 102 Å². The van der Waals surface area contributed by atoms with E-state index in [1.807, 2.05) is 36.4 Å². The maximum absolute atomic E-state index is 3.73. The molecule has 13 aromatic carbocycles. The van der Waals surface area contributed by atoms with Crippen LogP contribution in [0, 0.1) is 0 Å². The van der Waals surface area contributed by atoms with Crippen LogP contribution in [0.25, 0.3) is 0 Å². The second-order valence-electron chi connectivity index (χ2n) is 20.7. The summed E-state index contributed by atoms with van der Waals surface area (Å²) in [5, 5.41) is 6.35. The summed E-state index contributed by atoms with van der Waals surface area (Å²) in [6, 6.07) is 127. The van der Waals surface area contributed by atoms with Crippen LogP contribution < -0.4 is 46.0 Å². The van der Waals surface area contributed by atoms with Gasteiger partial charge in [-0.15, -0.1) is 0 Å². The zero-order valence-corrected chi connectivity index (χ0v) is 47.8. The number of hydrogen-bond acceptors (Lipinski definition) is 9. The molecule has 13 aromatic rings. The van der Waals surface area contributed by atoms with Gasteiger partial charge in [-0.2, -0.15) is 0 Å². The first kappa shape index (κ1) is 54.3. The van der Waals surface area contributed by atoms with E-state index in [9.17, 15) is 0 Å². The molecule has 0 aromatic heterocycles. The molecule has 0 heterocycles. The third kappa shape index (κ3) is 12.7. The molecule has 0 aliphatic carbocycles. The Kier molecular flexibility index (Phi) is 16.3. The Hall–Kier alpha value is -11.9. The Morgan fingerprint density at radius 1 is 0.138 bits per heavy atom. The van der Waals surface area contributed by atoms with Crippen molar-refractivity contribution in [2.45, 2.75) is 0 Å². The van der Waals surface area contributed by atoms with Crippen molar-refractivity contribution < 1.29 is 0 Å². The van der Waals surface area contributed by atoms with Crippen LogP contribution in [-0.4, -0.2) is 0 Å². The maximum Gasteiger partial charge on any atom is 0.0630 e. The van der Waals surface area contributed by atoms with Crippen LogP contribution in [0.1, 0.15) is 0 Å². The Morgan fingerprint density at radius 3 is 0.460 bits per heavy atom. The van der Waals surface area contributed by atoms with E-state index in [4.69, 9.17) is 0 Å². The third-order valence-corrected chi connectivity index (χ3v) is 14.9. The molecule has 87 heavy (non-hydrogen) atoms. The number of hydrazine groups is 3. The zero-order valence-electron chi connectivity index (χ0n) is 47.8. The molecule has 13 rings (SSSR count). The predicted molar refractivity (Wildman–Crippen MR) is 366 cm³/mol. The zero-order chi connectivity index (χ0) is 58.4. The minimum Gasteiger partial charge on any atom is -0.310 e. The van der Waals surface area contributed by atoms with Crippen LogP contribution in [0.15, 0.2) is 364 Å². The average Bonchev–Trinajstić information content (AvgIpc) is 3.64. The van der Waals surface area contributed by atoms with Gasteiger partial charge in [0.15, 0.2) is 0 Å². The lowest BCUT2D eigenvalue weighted by atomic mass is 10.1. The van der Waals surface area contributed by atoms with Gasteiger partial charge in [-0.3, -0.25) is 31.3 Å². The highest BCUT2D eigenvalue weighted by Gasteiger charge is 2.24. The smallest absolute Gasteiger partial charge is 0.0630 e. The standard InChI is InChI=1S/C78H63N9/c1-10-28-64(29-11-1)82(67-52-46-61(47-53-67)79-85(70-34-16-4-17-35-70)71-36-18-5-19-37-71)76-58-77(83(65-30-12-2-13-31-65)68-54-48-62(49-55-68)80-86(72-38-20-6-21-39-72)73-40-22-7-23-41-73)60-78(59-76)84(66-32-14-3-15-33-66)69-56-50-63(51-57-69)81-87(74-42-24-8-25-43-74)75-44-26-9-27-45-75/h1-60,79-81H. The largest absolute Gasteiger partial charge is 0.310 e. The van der Waals surface area contributed by atoms with Gasteiger partial charge in [-0.25, -0.2) is 0 Å². The monoisotopic (exact) mass is 1130 g/mol. The van der Waals surface area contributed by atoms with E-state index in [1.165, 1.54) is 0 Å². The SMILES string of the molecule is c1ccc(N(Nc2ccc(N(c3ccccc3)c3cc(N(c4ccccc4)c4ccc(NN(c5ccccc5)c5ccccc5)cc4)cc(N(c4ccccc4)c4ccc(NN(c5ccccc5)c5ccccc5)cc4)c3)cc2)c2ccccc2)cc1. The Bertz CT molecular complexity index is 3640. The van der Waals surface area contributed by atoms with Gasteiger partial charge < -0.3 is 14.7 Å². The number of anilines is 18. The second-order valence-corrected chi connectivity index (χ2v) is 20.7. The van der Waals surface area contributed by atoms with E-state index < -0.39 is 0 Å². The lowest BCUT2D eigenvalue weighted by molar-refractivity contribution is 1.16. The lowest BCUT2D eigenvalue weighted by Crippen LogP contribution is -2.24. The molecule has 0 saturated heterocycles. The third-order valence-electron chi connectivity index (χ3n) is 14.9. The first-order chi connectivity index (χ1) is 43.1. The molecule has 9 heteroatoms. The Morgan fingerprint density at radius 2 is 0.287 bits per heavy atom. The van der Waals surface area contributed by atoms with Crippen molar-refractivity contribution in [3.63, 3.8) is 0 Å². The summed E-state index contributed by atoms with van der Waals surface area (Å²) >= 11 is 0. The van der Waals surface area contributed by atoms with E-state index in [0.29, 0.717) is 0 Å². The van der Waals surface area contributed by atoms with Crippen LogP contribution in [0.2, 0.25) is 0 Å². The van der Waals surface area contributed by atoms with Crippen LogP contribution in [-0.2, 0) is 0 Å². The topological polar surface area (TPSA) is 55.5 Å². The average molecular weight is 1130 g/mol. The van der Waals surface area contributed by atoms with Crippen molar-refractivity contribution in [1.82, 2.24) is 0 Å². The van der Waals surface area contributed by atoms with Crippen LogP contribution >= 0.6 is 0 Å². The molecule has 3 N–H and O–H groups in total. The Balaban J connectivity index is 0.946. The van der Waals surface area contributed by atoms with E-state index >= 15 is 0 Å². The van der Waals surface area contributed by atoms with E-state index in [2.05, 4.69) is 374 Å². The van der Waals surface area contributed by atoms with Gasteiger partial charge in [-0.05, 0) is 200 Å². The van der Waals surface area contributed by atoms with Gasteiger partial charge in [0.05, 0.1) is 68.2 Å². The van der Waals surface area contributed by atoms with Gasteiger partial charge in [0.2, 0.25) is 0 Å². The highest BCUT2D eigenvalue weighted by Crippen LogP contribution is 2.47. The molecule has 0 radical (unpaired) electrons. The van der Waals surface area contributed by atoms with Crippen molar-refractivity contribution in [1.29, 1.82) is 0 Å². The highest BCUT2D eigenvalue weighted by molar-refractivity contribution is 5.90. The van der Waals surface area contributed by atoms with Crippen molar-refractivity contribution in [3.05, 3.63) is 364 Å². The van der Waals surface area contributed by atoms with Crippen molar-refractivity contribution in [2.75, 3.05) is 46.0 Å². The summed E-state index contributed by atoms with van der Waals surface area (Å²) in [5.74, 6) is 0. The minimum absolute atomic E-state index is 0.932. The second kappa shape index (κ2) is 26.1. The van der Waals surface area contributed by atoms with Gasteiger partial charge in [0.25, 0.3) is 0 Å². The summed E-state index contributed by atoms with van der Waals surface area (Å²) in [4.78, 5) is 7.04. The fraction of sp³-hybridized carbons (Fsp3) is 0. The number of rotatable bonds is 21. The summed E-state index contributed by atoms with van der Waals surface area (Å²) in [6.45, 7) is 0. The van der Waals surface area contributed by atoms with Gasteiger partial charge in [-0.1, -0.05) is 164 Å². The van der Waals surface area contributed by atoms with Crippen molar-refractivity contribution in [3.8, 4) is 0 Å².